The van der Waals surface area contributed by atoms with Crippen LogP contribution in [0.5, 0.6) is 5.75 Å². The maximum Gasteiger partial charge on any atom is 0.338 e. The second-order valence-corrected chi connectivity index (χ2v) is 7.09. The summed E-state index contributed by atoms with van der Waals surface area (Å²) in [5, 5.41) is 26.0. The van der Waals surface area contributed by atoms with E-state index in [0.29, 0.717) is 11.3 Å². The number of nitro groups is 1. The first-order valence-electron chi connectivity index (χ1n) is 9.33. The van der Waals surface area contributed by atoms with Gasteiger partial charge in [-0.1, -0.05) is 18.9 Å². The van der Waals surface area contributed by atoms with E-state index in [1.807, 2.05) is 0 Å². The highest BCUT2D eigenvalue weighted by Gasteiger charge is 2.34. The van der Waals surface area contributed by atoms with Crippen LogP contribution in [0.3, 0.4) is 0 Å². The number of allylic oxidation sites excluding steroid dienone is 1. The Labute approximate surface area is 161 Å². The molecule has 1 aromatic rings. The molecule has 0 radical (unpaired) electrons. The van der Waals surface area contributed by atoms with Crippen LogP contribution in [0.25, 0.3) is 0 Å². The van der Waals surface area contributed by atoms with Gasteiger partial charge in [0, 0.05) is 11.8 Å². The zero-order chi connectivity index (χ0) is 20.3. The lowest BCUT2D eigenvalue weighted by molar-refractivity contribution is -0.385. The van der Waals surface area contributed by atoms with Gasteiger partial charge in [0.2, 0.25) is 0 Å². The first kappa shape index (κ1) is 19.7. The molecule has 9 heteroatoms. The smallest absolute Gasteiger partial charge is 0.338 e. The normalized spacial score (nSPS) is 20.8. The molecule has 1 aliphatic carbocycles. The van der Waals surface area contributed by atoms with Crippen molar-refractivity contribution in [3.63, 3.8) is 0 Å². The minimum absolute atomic E-state index is 0.178. The van der Waals surface area contributed by atoms with Crippen molar-refractivity contribution in [1.82, 2.24) is 10.6 Å². The largest absolute Gasteiger partial charge is 0.502 e. The second kappa shape index (κ2) is 8.28. The fraction of sp³-hybridized carbons (Fsp3) is 0.474. The molecule has 0 aromatic heterocycles. The minimum atomic E-state index is -0.911. The van der Waals surface area contributed by atoms with Crippen LogP contribution in [0.2, 0.25) is 0 Å². The summed E-state index contributed by atoms with van der Waals surface area (Å²) in [6.45, 7) is 1.59. The molecule has 1 fully saturated rings. The first-order valence-corrected chi connectivity index (χ1v) is 9.33. The van der Waals surface area contributed by atoms with Crippen molar-refractivity contribution in [1.29, 1.82) is 0 Å². The summed E-state index contributed by atoms with van der Waals surface area (Å²) in [5.41, 5.74) is 0.345. The molecule has 3 rings (SSSR count). The third-order valence-corrected chi connectivity index (χ3v) is 5.09. The van der Waals surface area contributed by atoms with Crippen LogP contribution >= 0.6 is 0 Å². The number of hydrogen-bond donors (Lipinski definition) is 3. The van der Waals surface area contributed by atoms with Gasteiger partial charge in [-0.15, -0.1) is 0 Å². The number of nitrogens with one attached hydrogen (secondary N) is 2. The highest BCUT2D eigenvalue weighted by atomic mass is 16.6. The zero-order valence-electron chi connectivity index (χ0n) is 15.6. The van der Waals surface area contributed by atoms with E-state index >= 15 is 0 Å². The first-order chi connectivity index (χ1) is 13.4. The monoisotopic (exact) mass is 389 g/mol. The number of esters is 1. The Bertz CT molecular complexity index is 827. The van der Waals surface area contributed by atoms with Crippen molar-refractivity contribution in [3.8, 4) is 5.75 Å². The number of urea groups is 1. The lowest BCUT2D eigenvalue weighted by atomic mass is 9.95. The molecule has 1 heterocycles. The predicted molar refractivity (Wildman–Crippen MR) is 99.5 cm³/mol. The molecule has 1 unspecified atom stereocenters. The quantitative estimate of drug-likeness (QED) is 0.314. The summed E-state index contributed by atoms with van der Waals surface area (Å²) in [6.07, 6.45) is 5.65. The molecule has 1 atom stereocenters. The van der Waals surface area contributed by atoms with Crippen molar-refractivity contribution in [3.05, 3.63) is 45.1 Å². The molecule has 9 nitrogen and oxygen atoms in total. The summed E-state index contributed by atoms with van der Waals surface area (Å²) >= 11 is 0. The van der Waals surface area contributed by atoms with E-state index in [0.717, 1.165) is 44.6 Å². The average Bonchev–Trinajstić information content (AvgIpc) is 2.89. The van der Waals surface area contributed by atoms with E-state index in [4.69, 9.17) is 4.74 Å². The molecule has 1 aliphatic heterocycles. The van der Waals surface area contributed by atoms with Crippen molar-refractivity contribution >= 4 is 17.7 Å². The van der Waals surface area contributed by atoms with Gasteiger partial charge in [-0.05, 0) is 44.2 Å². The fourth-order valence-corrected chi connectivity index (χ4v) is 3.66. The number of nitrogens with zero attached hydrogens (tertiary/aromatic N) is 1. The van der Waals surface area contributed by atoms with Gasteiger partial charge in [0.1, 0.15) is 6.10 Å². The lowest BCUT2D eigenvalue weighted by Crippen LogP contribution is -2.45. The lowest BCUT2D eigenvalue weighted by Gasteiger charge is -2.29. The topological polar surface area (TPSA) is 131 Å². The molecule has 28 heavy (non-hydrogen) atoms. The van der Waals surface area contributed by atoms with Crippen LogP contribution in [0, 0.1) is 10.1 Å². The number of rotatable bonds is 4. The number of carbonyl (C=O) groups excluding carboxylic acids is 2. The molecule has 0 bridgehead atoms. The maximum absolute atomic E-state index is 12.9. The Hall–Kier alpha value is -3.10. The number of nitro benzene ring substituents is 1. The third-order valence-electron chi connectivity index (χ3n) is 5.09. The summed E-state index contributed by atoms with van der Waals surface area (Å²) in [4.78, 5) is 35.3. The molecule has 3 N–H and O–H groups in total. The predicted octanol–water partition coefficient (Wildman–Crippen LogP) is 3.19. The summed E-state index contributed by atoms with van der Waals surface area (Å²) in [5.74, 6) is -1.05. The van der Waals surface area contributed by atoms with E-state index < -0.39 is 34.4 Å². The van der Waals surface area contributed by atoms with Gasteiger partial charge < -0.3 is 20.5 Å². The standard InChI is InChI=1S/C19H23N3O6/c1-11-16(18(24)28-13-6-4-2-3-5-7-13)17(21-19(25)20-11)12-8-9-15(23)14(10-12)22(26)27/h8-10,13,17,23H,2-7H2,1H3,(H2,20,21,25). The van der Waals surface area contributed by atoms with Gasteiger partial charge in [0.25, 0.3) is 0 Å². The average molecular weight is 389 g/mol. The van der Waals surface area contributed by atoms with Gasteiger partial charge in [-0.25, -0.2) is 9.59 Å². The number of benzene rings is 1. The zero-order valence-corrected chi connectivity index (χ0v) is 15.6. The summed E-state index contributed by atoms with van der Waals surface area (Å²) in [7, 11) is 0. The van der Waals surface area contributed by atoms with Gasteiger partial charge in [-0.2, -0.15) is 0 Å². The summed E-state index contributed by atoms with van der Waals surface area (Å²) in [6, 6.07) is 2.32. The molecule has 150 valence electrons. The van der Waals surface area contributed by atoms with Crippen molar-refractivity contribution in [2.45, 2.75) is 57.6 Å². The molecular weight excluding hydrogens is 366 g/mol. The summed E-state index contributed by atoms with van der Waals surface area (Å²) < 4.78 is 5.70. The molecule has 1 saturated carbocycles. The molecular formula is C19H23N3O6. The Morgan fingerprint density at radius 2 is 1.93 bits per heavy atom. The molecule has 2 amide bonds. The fourth-order valence-electron chi connectivity index (χ4n) is 3.66. The number of ether oxygens (including phenoxy) is 1. The third kappa shape index (κ3) is 4.24. The molecule has 0 saturated heterocycles. The Morgan fingerprint density at radius 1 is 1.25 bits per heavy atom. The van der Waals surface area contributed by atoms with Crippen LogP contribution < -0.4 is 10.6 Å². The van der Waals surface area contributed by atoms with Gasteiger partial charge in [0.15, 0.2) is 5.75 Å². The van der Waals surface area contributed by atoms with E-state index in [1.54, 1.807) is 6.92 Å². The highest BCUT2D eigenvalue weighted by molar-refractivity contribution is 5.95. The number of phenols is 1. The van der Waals surface area contributed by atoms with Crippen molar-refractivity contribution in [2.75, 3.05) is 0 Å². The van der Waals surface area contributed by atoms with Gasteiger partial charge >= 0.3 is 17.7 Å². The Morgan fingerprint density at radius 3 is 2.57 bits per heavy atom. The van der Waals surface area contributed by atoms with Gasteiger partial charge in [0.05, 0.1) is 16.5 Å². The Balaban J connectivity index is 1.91. The van der Waals surface area contributed by atoms with Crippen LogP contribution in [0.1, 0.15) is 57.1 Å². The van der Waals surface area contributed by atoms with E-state index in [-0.39, 0.29) is 11.7 Å². The second-order valence-electron chi connectivity index (χ2n) is 7.09. The van der Waals surface area contributed by atoms with Crippen molar-refractivity contribution in [2.24, 2.45) is 0 Å². The molecule has 2 aliphatic rings. The number of amides is 2. The van der Waals surface area contributed by atoms with Gasteiger partial charge in [-0.3, -0.25) is 10.1 Å². The Kier molecular flexibility index (Phi) is 5.81. The number of hydrogen-bond acceptors (Lipinski definition) is 6. The van der Waals surface area contributed by atoms with E-state index in [2.05, 4.69) is 10.6 Å². The molecule has 0 spiro atoms. The SMILES string of the molecule is CC1=C(C(=O)OC2CCCCCC2)C(c2ccc(O)c([N+](=O)[O-])c2)NC(=O)N1. The van der Waals surface area contributed by atoms with Crippen LogP contribution in [-0.2, 0) is 9.53 Å². The maximum atomic E-state index is 12.9. The van der Waals surface area contributed by atoms with Crippen molar-refractivity contribution < 1.29 is 24.4 Å². The van der Waals surface area contributed by atoms with Crippen LogP contribution in [0.4, 0.5) is 10.5 Å². The number of phenolic OH excluding ortho intramolecular Hbond substituents is 1. The minimum Gasteiger partial charge on any atom is -0.502 e. The van der Waals surface area contributed by atoms with E-state index in [9.17, 15) is 24.8 Å². The van der Waals surface area contributed by atoms with Crippen LogP contribution in [-0.4, -0.2) is 28.1 Å². The number of aromatic hydroxyl groups is 1. The number of carbonyl (C=O) groups is 2. The highest BCUT2D eigenvalue weighted by Crippen LogP contribution is 2.34. The van der Waals surface area contributed by atoms with Crippen LogP contribution in [0.15, 0.2) is 29.5 Å². The molecule has 1 aromatic carbocycles. The van der Waals surface area contributed by atoms with E-state index in [1.165, 1.54) is 12.1 Å².